The maximum Gasteiger partial charge on any atom is 0.118 e. The highest BCUT2D eigenvalue weighted by atomic mass is 35.5. The Morgan fingerprint density at radius 1 is 1.19 bits per heavy atom. The first-order valence-corrected chi connectivity index (χ1v) is 7.28. The molecule has 0 fully saturated rings. The summed E-state index contributed by atoms with van der Waals surface area (Å²) in [5, 5.41) is 14.0. The van der Waals surface area contributed by atoms with Crippen LogP contribution in [0.3, 0.4) is 0 Å². The van der Waals surface area contributed by atoms with Gasteiger partial charge in [-0.15, -0.1) is 0 Å². The number of benzene rings is 2. The van der Waals surface area contributed by atoms with Gasteiger partial charge in [0, 0.05) is 13.0 Å². The number of rotatable bonds is 6. The second kappa shape index (κ2) is 7.34. The molecular weight excluding hydrogens is 286 g/mol. The molecule has 2 aromatic rings. The van der Waals surface area contributed by atoms with Crippen LogP contribution in [0.4, 0.5) is 5.69 Å². The van der Waals surface area contributed by atoms with Gasteiger partial charge in [0.1, 0.15) is 5.75 Å². The van der Waals surface area contributed by atoms with Crippen LogP contribution < -0.4 is 10.1 Å². The molecule has 1 atom stereocenters. The van der Waals surface area contributed by atoms with Crippen molar-refractivity contribution in [3.63, 3.8) is 0 Å². The van der Waals surface area contributed by atoms with E-state index in [9.17, 15) is 5.11 Å². The Hall–Kier alpha value is -1.71. The second-order valence-electron chi connectivity index (χ2n) is 5.02. The highest BCUT2D eigenvalue weighted by Crippen LogP contribution is 2.25. The Morgan fingerprint density at radius 3 is 2.57 bits per heavy atom. The van der Waals surface area contributed by atoms with Crippen molar-refractivity contribution < 1.29 is 9.84 Å². The minimum absolute atomic E-state index is 0.454. The van der Waals surface area contributed by atoms with Gasteiger partial charge in [-0.05, 0) is 36.2 Å². The standard InChI is InChI=1S/C17H20ClNO2/c1-12-4-3-5-16(17(12)18)19-11-14(20)10-13-6-8-15(21-2)9-7-13/h3-9,14,19-20H,10-11H2,1-2H3. The molecule has 0 aliphatic heterocycles. The smallest absolute Gasteiger partial charge is 0.118 e. The number of hydrogen-bond acceptors (Lipinski definition) is 3. The molecule has 0 bridgehead atoms. The molecule has 0 spiro atoms. The summed E-state index contributed by atoms with van der Waals surface area (Å²) in [4.78, 5) is 0. The fourth-order valence-electron chi connectivity index (χ4n) is 2.12. The number of hydrogen-bond donors (Lipinski definition) is 2. The third-order valence-electron chi connectivity index (χ3n) is 3.35. The predicted molar refractivity (Wildman–Crippen MR) is 87.4 cm³/mol. The molecule has 0 heterocycles. The zero-order chi connectivity index (χ0) is 15.2. The highest BCUT2D eigenvalue weighted by Gasteiger charge is 2.08. The Kier molecular flexibility index (Phi) is 5.48. The van der Waals surface area contributed by atoms with Gasteiger partial charge in [0.2, 0.25) is 0 Å². The summed E-state index contributed by atoms with van der Waals surface area (Å²) in [5.41, 5.74) is 2.94. The molecule has 0 aliphatic carbocycles. The van der Waals surface area contributed by atoms with Gasteiger partial charge in [-0.2, -0.15) is 0 Å². The van der Waals surface area contributed by atoms with Crippen molar-refractivity contribution >= 4 is 17.3 Å². The highest BCUT2D eigenvalue weighted by molar-refractivity contribution is 6.33. The fraction of sp³-hybridized carbons (Fsp3) is 0.294. The molecule has 0 aliphatic rings. The Labute approximate surface area is 130 Å². The summed E-state index contributed by atoms with van der Waals surface area (Å²) in [5.74, 6) is 0.818. The molecule has 0 aromatic heterocycles. The maximum absolute atomic E-state index is 10.1. The SMILES string of the molecule is COc1ccc(CC(O)CNc2cccc(C)c2Cl)cc1. The van der Waals surface area contributed by atoms with Gasteiger partial charge in [-0.3, -0.25) is 0 Å². The molecule has 21 heavy (non-hydrogen) atoms. The maximum atomic E-state index is 10.1. The van der Waals surface area contributed by atoms with Gasteiger partial charge < -0.3 is 15.2 Å². The molecule has 2 rings (SSSR count). The molecule has 112 valence electrons. The van der Waals surface area contributed by atoms with Gasteiger partial charge >= 0.3 is 0 Å². The molecule has 0 radical (unpaired) electrons. The van der Waals surface area contributed by atoms with Crippen LogP contribution in [-0.4, -0.2) is 24.9 Å². The zero-order valence-electron chi connectivity index (χ0n) is 12.3. The van der Waals surface area contributed by atoms with Crippen LogP contribution in [0.15, 0.2) is 42.5 Å². The summed E-state index contributed by atoms with van der Waals surface area (Å²) in [6, 6.07) is 13.5. The monoisotopic (exact) mass is 305 g/mol. The number of anilines is 1. The lowest BCUT2D eigenvalue weighted by Crippen LogP contribution is -2.22. The summed E-state index contributed by atoms with van der Waals surface area (Å²) in [7, 11) is 1.64. The van der Waals surface area contributed by atoms with Crippen molar-refractivity contribution in [2.75, 3.05) is 19.0 Å². The minimum atomic E-state index is -0.477. The van der Waals surface area contributed by atoms with E-state index in [1.165, 1.54) is 0 Å². The van der Waals surface area contributed by atoms with Crippen LogP contribution in [0.25, 0.3) is 0 Å². The van der Waals surface area contributed by atoms with E-state index in [4.69, 9.17) is 16.3 Å². The van der Waals surface area contributed by atoms with Crippen molar-refractivity contribution in [3.8, 4) is 5.75 Å². The van der Waals surface area contributed by atoms with E-state index < -0.39 is 6.10 Å². The van der Waals surface area contributed by atoms with Crippen LogP contribution in [0.2, 0.25) is 5.02 Å². The third kappa shape index (κ3) is 4.38. The summed E-state index contributed by atoms with van der Waals surface area (Å²) >= 11 is 6.21. The van der Waals surface area contributed by atoms with Crippen LogP contribution in [0, 0.1) is 6.92 Å². The quantitative estimate of drug-likeness (QED) is 0.855. The van der Waals surface area contributed by atoms with E-state index in [0.717, 1.165) is 22.6 Å². The molecule has 0 amide bonds. The predicted octanol–water partition coefficient (Wildman–Crippen LogP) is 3.67. The summed E-state index contributed by atoms with van der Waals surface area (Å²) in [6.45, 7) is 2.41. The topological polar surface area (TPSA) is 41.5 Å². The van der Waals surface area contributed by atoms with Crippen LogP contribution in [-0.2, 0) is 6.42 Å². The number of aliphatic hydroxyl groups is 1. The van der Waals surface area contributed by atoms with E-state index in [1.807, 2.05) is 49.4 Å². The Bertz CT molecular complexity index is 584. The Morgan fingerprint density at radius 2 is 1.90 bits per heavy atom. The van der Waals surface area contributed by atoms with Crippen LogP contribution in [0.1, 0.15) is 11.1 Å². The van der Waals surface area contributed by atoms with E-state index in [-0.39, 0.29) is 0 Å². The van der Waals surface area contributed by atoms with Gasteiger partial charge in [-0.1, -0.05) is 35.9 Å². The lowest BCUT2D eigenvalue weighted by atomic mass is 10.1. The average molecular weight is 306 g/mol. The molecule has 2 N–H and O–H groups in total. The molecule has 2 aromatic carbocycles. The number of methoxy groups -OCH3 is 1. The summed E-state index contributed by atoms with van der Waals surface area (Å²) < 4.78 is 5.11. The Balaban J connectivity index is 1.89. The lowest BCUT2D eigenvalue weighted by molar-refractivity contribution is 0.188. The largest absolute Gasteiger partial charge is 0.497 e. The van der Waals surface area contributed by atoms with Crippen LogP contribution >= 0.6 is 11.6 Å². The van der Waals surface area contributed by atoms with E-state index in [0.29, 0.717) is 18.0 Å². The van der Waals surface area contributed by atoms with Crippen molar-refractivity contribution in [1.82, 2.24) is 0 Å². The fourth-order valence-corrected chi connectivity index (χ4v) is 2.31. The van der Waals surface area contributed by atoms with Gasteiger partial charge in [0.05, 0.1) is 23.9 Å². The molecule has 3 nitrogen and oxygen atoms in total. The first-order chi connectivity index (χ1) is 10.1. The van der Waals surface area contributed by atoms with Crippen LogP contribution in [0.5, 0.6) is 5.75 Å². The number of aryl methyl sites for hydroxylation is 1. The van der Waals surface area contributed by atoms with Crippen molar-refractivity contribution in [1.29, 1.82) is 0 Å². The molecular formula is C17H20ClNO2. The minimum Gasteiger partial charge on any atom is -0.497 e. The van der Waals surface area contributed by atoms with Gasteiger partial charge in [0.25, 0.3) is 0 Å². The number of aliphatic hydroxyl groups excluding tert-OH is 1. The normalized spacial score (nSPS) is 12.0. The van der Waals surface area contributed by atoms with E-state index >= 15 is 0 Å². The first-order valence-electron chi connectivity index (χ1n) is 6.90. The van der Waals surface area contributed by atoms with Gasteiger partial charge in [0.15, 0.2) is 0 Å². The molecule has 4 heteroatoms. The van der Waals surface area contributed by atoms with Gasteiger partial charge in [-0.25, -0.2) is 0 Å². The third-order valence-corrected chi connectivity index (χ3v) is 3.85. The van der Waals surface area contributed by atoms with Crippen molar-refractivity contribution in [2.24, 2.45) is 0 Å². The average Bonchev–Trinajstić information content (AvgIpc) is 2.49. The number of nitrogens with one attached hydrogen (secondary N) is 1. The second-order valence-corrected chi connectivity index (χ2v) is 5.40. The number of halogens is 1. The molecule has 0 saturated heterocycles. The van der Waals surface area contributed by atoms with Crippen molar-refractivity contribution in [2.45, 2.75) is 19.4 Å². The molecule has 0 saturated carbocycles. The first kappa shape index (κ1) is 15.7. The van der Waals surface area contributed by atoms with E-state index in [1.54, 1.807) is 7.11 Å². The summed E-state index contributed by atoms with van der Waals surface area (Å²) in [6.07, 6.45) is 0.107. The number of ether oxygens (including phenoxy) is 1. The lowest BCUT2D eigenvalue weighted by Gasteiger charge is -2.15. The van der Waals surface area contributed by atoms with E-state index in [2.05, 4.69) is 5.32 Å². The zero-order valence-corrected chi connectivity index (χ0v) is 13.0. The van der Waals surface area contributed by atoms with Crippen molar-refractivity contribution in [3.05, 3.63) is 58.6 Å². The molecule has 1 unspecified atom stereocenters.